The molecule has 3 heteroatoms. The predicted octanol–water partition coefficient (Wildman–Crippen LogP) is 5.10. The Labute approximate surface area is 141 Å². The van der Waals surface area contributed by atoms with Gasteiger partial charge in [-0.1, -0.05) is 63.3 Å². The zero-order valence-electron chi connectivity index (χ0n) is 14.6. The summed E-state index contributed by atoms with van der Waals surface area (Å²) in [4.78, 5) is 10.4. The van der Waals surface area contributed by atoms with Gasteiger partial charge in [0.25, 0.3) is 0 Å². The molecule has 0 saturated heterocycles. The molecule has 2 N–H and O–H groups in total. The molecule has 0 heterocycles. The van der Waals surface area contributed by atoms with Crippen molar-refractivity contribution < 1.29 is 15.0 Å². The highest BCUT2D eigenvalue weighted by molar-refractivity contribution is 5.66. The zero-order chi connectivity index (χ0) is 16.9. The molecule has 1 rings (SSSR count). The first kappa shape index (κ1) is 20.0. The standard InChI is InChI=1S/C20H34O3/c1-2-3-6-13-19(21)14-8-5-4-7-11-17-16-18(17)12-9-10-15-20(22)23/h4-5,8,14,17-19,21H,2-3,6-7,9-13,15-16H2,1H3,(H,22,23)/b5-4-,14-8+/t17-,18-,19?/m1/s1. The fourth-order valence-corrected chi connectivity index (χ4v) is 3.08. The second-order valence-corrected chi connectivity index (χ2v) is 6.85. The first-order chi connectivity index (χ1) is 11.1. The lowest BCUT2D eigenvalue weighted by molar-refractivity contribution is -0.137. The van der Waals surface area contributed by atoms with Gasteiger partial charge in [0.05, 0.1) is 6.10 Å². The Morgan fingerprint density at radius 3 is 2.65 bits per heavy atom. The van der Waals surface area contributed by atoms with E-state index in [1.165, 1.54) is 32.1 Å². The van der Waals surface area contributed by atoms with E-state index < -0.39 is 5.97 Å². The van der Waals surface area contributed by atoms with Crippen molar-refractivity contribution in [2.24, 2.45) is 11.8 Å². The fraction of sp³-hybridized carbons (Fsp3) is 0.750. The van der Waals surface area contributed by atoms with E-state index in [0.717, 1.165) is 43.9 Å². The van der Waals surface area contributed by atoms with Gasteiger partial charge in [-0.15, -0.1) is 0 Å². The minimum absolute atomic E-state index is 0.301. The van der Waals surface area contributed by atoms with Crippen molar-refractivity contribution in [3.05, 3.63) is 24.3 Å². The average molecular weight is 322 g/mol. The van der Waals surface area contributed by atoms with E-state index in [9.17, 15) is 9.90 Å². The number of carboxylic acid groups (broad SMARTS) is 1. The van der Waals surface area contributed by atoms with Crippen molar-refractivity contribution in [1.82, 2.24) is 0 Å². The maximum Gasteiger partial charge on any atom is 0.303 e. The highest BCUT2D eigenvalue weighted by Crippen LogP contribution is 2.45. The van der Waals surface area contributed by atoms with Crippen LogP contribution in [0.4, 0.5) is 0 Å². The topological polar surface area (TPSA) is 57.5 Å². The number of carbonyl (C=O) groups is 1. The highest BCUT2D eigenvalue weighted by atomic mass is 16.4. The lowest BCUT2D eigenvalue weighted by Crippen LogP contribution is -2.00. The largest absolute Gasteiger partial charge is 0.481 e. The summed E-state index contributed by atoms with van der Waals surface area (Å²) in [6.07, 6.45) is 19.2. The number of carboxylic acids is 1. The molecule has 0 aliphatic heterocycles. The Balaban J connectivity index is 1.95. The number of rotatable bonds is 14. The van der Waals surface area contributed by atoms with Crippen molar-refractivity contribution in [2.45, 2.75) is 83.7 Å². The number of hydrogen-bond acceptors (Lipinski definition) is 2. The third-order valence-corrected chi connectivity index (χ3v) is 4.67. The first-order valence-electron chi connectivity index (χ1n) is 9.36. The summed E-state index contributed by atoms with van der Waals surface area (Å²) in [6, 6.07) is 0. The number of aliphatic hydroxyl groups excluding tert-OH is 1. The van der Waals surface area contributed by atoms with Gasteiger partial charge in [-0.2, -0.15) is 0 Å². The molecule has 0 aromatic rings. The highest BCUT2D eigenvalue weighted by Gasteiger charge is 2.34. The number of aliphatic carboxylic acids is 1. The Kier molecular flexibility index (Phi) is 10.7. The maximum atomic E-state index is 10.4. The van der Waals surface area contributed by atoms with Crippen LogP contribution >= 0.6 is 0 Å². The Morgan fingerprint density at radius 2 is 1.91 bits per heavy atom. The van der Waals surface area contributed by atoms with E-state index in [0.29, 0.717) is 6.42 Å². The lowest BCUT2D eigenvalue weighted by Gasteiger charge is -2.03. The van der Waals surface area contributed by atoms with Crippen molar-refractivity contribution in [1.29, 1.82) is 0 Å². The Morgan fingerprint density at radius 1 is 1.13 bits per heavy atom. The molecule has 0 radical (unpaired) electrons. The molecule has 0 bridgehead atoms. The second-order valence-electron chi connectivity index (χ2n) is 6.85. The van der Waals surface area contributed by atoms with Crippen LogP contribution in [0, 0.1) is 11.8 Å². The van der Waals surface area contributed by atoms with Crippen LogP contribution in [0.1, 0.15) is 77.6 Å². The molecular weight excluding hydrogens is 288 g/mol. The predicted molar refractivity (Wildman–Crippen MR) is 95.4 cm³/mol. The van der Waals surface area contributed by atoms with Gasteiger partial charge < -0.3 is 10.2 Å². The molecule has 132 valence electrons. The van der Waals surface area contributed by atoms with Gasteiger partial charge in [-0.25, -0.2) is 0 Å². The Hall–Kier alpha value is -1.09. The molecule has 3 atom stereocenters. The van der Waals surface area contributed by atoms with Gasteiger partial charge >= 0.3 is 5.97 Å². The summed E-state index contributed by atoms with van der Waals surface area (Å²) < 4.78 is 0. The summed E-state index contributed by atoms with van der Waals surface area (Å²) in [5, 5.41) is 18.3. The van der Waals surface area contributed by atoms with Crippen molar-refractivity contribution in [2.75, 3.05) is 0 Å². The zero-order valence-corrected chi connectivity index (χ0v) is 14.6. The van der Waals surface area contributed by atoms with Gasteiger partial charge in [-0.05, 0) is 43.9 Å². The number of aliphatic hydroxyl groups is 1. The molecule has 0 amide bonds. The first-order valence-corrected chi connectivity index (χ1v) is 9.36. The minimum Gasteiger partial charge on any atom is -0.481 e. The third-order valence-electron chi connectivity index (χ3n) is 4.67. The second kappa shape index (κ2) is 12.3. The molecule has 1 saturated carbocycles. The van der Waals surface area contributed by atoms with E-state index in [1.54, 1.807) is 0 Å². The van der Waals surface area contributed by atoms with Gasteiger partial charge in [0, 0.05) is 6.42 Å². The number of hydrogen-bond donors (Lipinski definition) is 2. The van der Waals surface area contributed by atoms with Gasteiger partial charge in [0.15, 0.2) is 0 Å². The van der Waals surface area contributed by atoms with Crippen LogP contribution in [0.25, 0.3) is 0 Å². The van der Waals surface area contributed by atoms with Crippen LogP contribution in [0.5, 0.6) is 0 Å². The van der Waals surface area contributed by atoms with E-state index >= 15 is 0 Å². The normalized spacial score (nSPS) is 22.0. The van der Waals surface area contributed by atoms with E-state index in [4.69, 9.17) is 5.11 Å². The third kappa shape index (κ3) is 11.1. The molecule has 1 unspecified atom stereocenters. The summed E-state index contributed by atoms with van der Waals surface area (Å²) in [6.45, 7) is 2.17. The average Bonchev–Trinajstić information content (AvgIpc) is 3.26. The summed E-state index contributed by atoms with van der Waals surface area (Å²) in [5.41, 5.74) is 0. The minimum atomic E-state index is -0.675. The smallest absolute Gasteiger partial charge is 0.303 e. The van der Waals surface area contributed by atoms with Crippen LogP contribution in [0.2, 0.25) is 0 Å². The molecule has 0 aromatic carbocycles. The van der Waals surface area contributed by atoms with Crippen LogP contribution in [0.15, 0.2) is 24.3 Å². The van der Waals surface area contributed by atoms with Crippen LogP contribution in [-0.2, 0) is 4.79 Å². The van der Waals surface area contributed by atoms with Crippen LogP contribution in [-0.4, -0.2) is 22.3 Å². The van der Waals surface area contributed by atoms with Crippen molar-refractivity contribution in [3.63, 3.8) is 0 Å². The molecule has 3 nitrogen and oxygen atoms in total. The summed E-state index contributed by atoms with van der Waals surface area (Å²) in [5.74, 6) is 1.02. The fourth-order valence-electron chi connectivity index (χ4n) is 3.08. The lowest BCUT2D eigenvalue weighted by atomic mass is 10.1. The van der Waals surface area contributed by atoms with Crippen LogP contribution < -0.4 is 0 Å². The quantitative estimate of drug-likeness (QED) is 0.345. The monoisotopic (exact) mass is 322 g/mol. The maximum absolute atomic E-state index is 10.4. The molecule has 1 fully saturated rings. The number of unbranched alkanes of at least 4 members (excludes halogenated alkanes) is 3. The molecule has 23 heavy (non-hydrogen) atoms. The van der Waals surface area contributed by atoms with Gasteiger partial charge in [0.2, 0.25) is 0 Å². The van der Waals surface area contributed by atoms with Gasteiger partial charge in [0.1, 0.15) is 0 Å². The molecular formula is C20H34O3. The van der Waals surface area contributed by atoms with E-state index in [2.05, 4.69) is 13.0 Å². The number of allylic oxidation sites excluding steroid dienone is 3. The van der Waals surface area contributed by atoms with Crippen LogP contribution in [0.3, 0.4) is 0 Å². The van der Waals surface area contributed by atoms with E-state index in [1.807, 2.05) is 18.2 Å². The molecule has 0 aromatic heterocycles. The van der Waals surface area contributed by atoms with Crippen molar-refractivity contribution >= 4 is 5.97 Å². The van der Waals surface area contributed by atoms with E-state index in [-0.39, 0.29) is 6.10 Å². The van der Waals surface area contributed by atoms with Crippen molar-refractivity contribution in [3.8, 4) is 0 Å². The summed E-state index contributed by atoms with van der Waals surface area (Å²) >= 11 is 0. The Bertz CT molecular complexity index is 373. The molecule has 0 spiro atoms. The molecule has 1 aliphatic rings. The van der Waals surface area contributed by atoms with Gasteiger partial charge in [-0.3, -0.25) is 4.79 Å². The SMILES string of the molecule is CCCCCC(O)/C=C/C=C\CC[C@@H]1C[C@H]1CCCCC(=O)O. The molecule has 1 aliphatic carbocycles. The summed E-state index contributed by atoms with van der Waals surface area (Å²) in [7, 11) is 0.